The minimum absolute atomic E-state index is 0.112. The molecule has 1 aromatic heterocycles. The number of carbonyl (C=O) groups is 2. The van der Waals surface area contributed by atoms with Crippen LogP contribution >= 0.6 is 0 Å². The van der Waals surface area contributed by atoms with Crippen LogP contribution < -0.4 is 15.7 Å². The van der Waals surface area contributed by atoms with Gasteiger partial charge in [-0.05, 0) is 82.0 Å². The van der Waals surface area contributed by atoms with Crippen molar-refractivity contribution in [2.24, 2.45) is 0 Å². The van der Waals surface area contributed by atoms with Gasteiger partial charge in [-0.1, -0.05) is 6.07 Å². The molecule has 0 saturated heterocycles. The second-order valence-electron chi connectivity index (χ2n) is 8.08. The second kappa shape index (κ2) is 10.3. The third kappa shape index (κ3) is 5.80. The number of benzene rings is 2. The van der Waals surface area contributed by atoms with E-state index in [9.17, 15) is 14.4 Å². The summed E-state index contributed by atoms with van der Waals surface area (Å²) in [4.78, 5) is 36.6. The first-order chi connectivity index (χ1) is 15.7. The first kappa shape index (κ1) is 24.0. The molecule has 1 amide bonds. The third-order valence-corrected chi connectivity index (χ3v) is 5.40. The highest BCUT2D eigenvalue weighted by Crippen LogP contribution is 2.29. The summed E-state index contributed by atoms with van der Waals surface area (Å²) in [6.07, 6.45) is 0.361. The molecule has 0 aliphatic heterocycles. The summed E-state index contributed by atoms with van der Waals surface area (Å²) in [5.41, 5.74) is 4.59. The van der Waals surface area contributed by atoms with E-state index in [1.165, 1.54) is 0 Å². The molecule has 0 bridgehead atoms. The monoisotopic (exact) mass is 451 g/mol. The van der Waals surface area contributed by atoms with Gasteiger partial charge >= 0.3 is 11.6 Å². The number of hydrogen-bond acceptors (Lipinski definition) is 6. The largest absolute Gasteiger partial charge is 0.483 e. The number of nitrogens with one attached hydrogen (secondary N) is 1. The molecule has 1 N–H and O–H groups in total. The lowest BCUT2D eigenvalue weighted by atomic mass is 10.0. The molecule has 7 nitrogen and oxygen atoms in total. The predicted octanol–water partition coefficient (Wildman–Crippen LogP) is 4.54. The van der Waals surface area contributed by atoms with Gasteiger partial charge in [0, 0.05) is 28.6 Å². The molecule has 2 aromatic carbocycles. The Bertz CT molecular complexity index is 1240. The van der Waals surface area contributed by atoms with Gasteiger partial charge in [-0.25, -0.2) is 4.79 Å². The van der Waals surface area contributed by atoms with Crippen molar-refractivity contribution in [3.05, 3.63) is 68.6 Å². The summed E-state index contributed by atoms with van der Waals surface area (Å²) in [7, 11) is 0. The summed E-state index contributed by atoms with van der Waals surface area (Å²) < 4.78 is 16.2. The Labute approximate surface area is 192 Å². The highest BCUT2D eigenvalue weighted by atomic mass is 16.5. The minimum atomic E-state index is -0.489. The van der Waals surface area contributed by atoms with Gasteiger partial charge in [-0.15, -0.1) is 0 Å². The van der Waals surface area contributed by atoms with Crippen LogP contribution in [0.4, 0.5) is 5.69 Å². The quantitative estimate of drug-likeness (QED) is 0.399. The SMILES string of the molecule is CCOC(=O)CCc1c(C)c2ccc(OCC(=O)Nc3cc(C)cc(C)c3)c(C)c2oc1=O. The molecule has 0 aliphatic carbocycles. The van der Waals surface area contributed by atoms with Crippen molar-refractivity contribution in [1.29, 1.82) is 0 Å². The van der Waals surface area contributed by atoms with Crippen molar-refractivity contribution in [2.45, 2.75) is 47.5 Å². The second-order valence-corrected chi connectivity index (χ2v) is 8.08. The Balaban J connectivity index is 1.76. The molecule has 7 heteroatoms. The summed E-state index contributed by atoms with van der Waals surface area (Å²) in [6.45, 7) is 9.40. The van der Waals surface area contributed by atoms with E-state index in [1.807, 2.05) is 39.0 Å². The Kier molecular flexibility index (Phi) is 7.53. The van der Waals surface area contributed by atoms with Gasteiger partial charge < -0.3 is 19.2 Å². The Morgan fingerprint density at radius 3 is 2.36 bits per heavy atom. The van der Waals surface area contributed by atoms with E-state index < -0.39 is 5.63 Å². The lowest BCUT2D eigenvalue weighted by Crippen LogP contribution is -2.20. The zero-order valence-corrected chi connectivity index (χ0v) is 19.7. The molecular formula is C26H29NO6. The normalized spacial score (nSPS) is 10.8. The molecule has 0 saturated carbocycles. The smallest absolute Gasteiger partial charge is 0.339 e. The molecule has 0 aliphatic rings. The summed E-state index contributed by atoms with van der Waals surface area (Å²) in [5, 5.41) is 3.60. The van der Waals surface area contributed by atoms with E-state index >= 15 is 0 Å². The zero-order valence-electron chi connectivity index (χ0n) is 19.7. The van der Waals surface area contributed by atoms with Crippen LogP contribution in [0.2, 0.25) is 0 Å². The van der Waals surface area contributed by atoms with Gasteiger partial charge in [-0.3, -0.25) is 9.59 Å². The van der Waals surface area contributed by atoms with E-state index in [4.69, 9.17) is 13.9 Å². The lowest BCUT2D eigenvalue weighted by molar-refractivity contribution is -0.143. The Morgan fingerprint density at radius 1 is 1.00 bits per heavy atom. The zero-order chi connectivity index (χ0) is 24.1. The van der Waals surface area contributed by atoms with Gasteiger partial charge in [-0.2, -0.15) is 0 Å². The molecule has 3 aromatic rings. The fraction of sp³-hybridized carbons (Fsp3) is 0.346. The van der Waals surface area contributed by atoms with Crippen molar-refractivity contribution < 1.29 is 23.5 Å². The number of hydrogen-bond donors (Lipinski definition) is 1. The van der Waals surface area contributed by atoms with Crippen LogP contribution in [-0.2, 0) is 20.7 Å². The van der Waals surface area contributed by atoms with Crippen molar-refractivity contribution in [3.8, 4) is 5.75 Å². The van der Waals surface area contributed by atoms with E-state index in [1.54, 1.807) is 26.0 Å². The van der Waals surface area contributed by atoms with Crippen molar-refractivity contribution in [2.75, 3.05) is 18.5 Å². The van der Waals surface area contributed by atoms with Gasteiger partial charge in [0.1, 0.15) is 11.3 Å². The maximum Gasteiger partial charge on any atom is 0.339 e. The number of esters is 1. The molecule has 1 heterocycles. The number of rotatable bonds is 8. The molecule has 0 unspecified atom stereocenters. The van der Waals surface area contributed by atoms with Crippen LogP contribution in [0.25, 0.3) is 11.0 Å². The van der Waals surface area contributed by atoms with E-state index in [0.29, 0.717) is 34.8 Å². The Morgan fingerprint density at radius 2 is 1.70 bits per heavy atom. The van der Waals surface area contributed by atoms with Crippen LogP contribution in [0.1, 0.15) is 41.2 Å². The molecule has 0 fully saturated rings. The molecular weight excluding hydrogens is 422 g/mol. The molecule has 0 radical (unpaired) electrons. The fourth-order valence-corrected chi connectivity index (χ4v) is 3.86. The van der Waals surface area contributed by atoms with Crippen LogP contribution in [0.5, 0.6) is 5.75 Å². The average Bonchev–Trinajstić information content (AvgIpc) is 2.73. The maximum absolute atomic E-state index is 12.6. The maximum atomic E-state index is 12.6. The third-order valence-electron chi connectivity index (χ3n) is 5.40. The first-order valence-corrected chi connectivity index (χ1v) is 10.9. The first-order valence-electron chi connectivity index (χ1n) is 10.9. The number of ether oxygens (including phenoxy) is 2. The summed E-state index contributed by atoms with van der Waals surface area (Å²) in [6, 6.07) is 9.37. The molecule has 3 rings (SSSR count). The predicted molar refractivity (Wildman–Crippen MR) is 127 cm³/mol. The highest BCUT2D eigenvalue weighted by Gasteiger charge is 2.17. The molecule has 174 valence electrons. The summed E-state index contributed by atoms with van der Waals surface area (Å²) >= 11 is 0. The van der Waals surface area contributed by atoms with Crippen LogP contribution in [0.3, 0.4) is 0 Å². The molecule has 0 spiro atoms. The number of anilines is 1. The van der Waals surface area contributed by atoms with Crippen LogP contribution in [-0.4, -0.2) is 25.1 Å². The molecule has 33 heavy (non-hydrogen) atoms. The average molecular weight is 452 g/mol. The standard InChI is InChI=1S/C26H29NO6/c1-6-31-24(29)10-8-21-17(4)20-7-9-22(18(5)25(20)33-26(21)30)32-14-23(28)27-19-12-15(2)11-16(3)13-19/h7,9,11-13H,6,8,10,14H2,1-5H3,(H,27,28). The summed E-state index contributed by atoms with van der Waals surface area (Å²) in [5.74, 6) is -0.179. The van der Waals surface area contributed by atoms with Gasteiger partial charge in [0.15, 0.2) is 6.61 Å². The number of amides is 1. The van der Waals surface area contributed by atoms with Gasteiger partial charge in [0.2, 0.25) is 0 Å². The number of fused-ring (bicyclic) bond motifs is 1. The van der Waals surface area contributed by atoms with E-state index in [2.05, 4.69) is 5.32 Å². The van der Waals surface area contributed by atoms with Gasteiger partial charge in [0.05, 0.1) is 6.61 Å². The highest BCUT2D eigenvalue weighted by molar-refractivity contribution is 5.92. The topological polar surface area (TPSA) is 94.8 Å². The fourth-order valence-electron chi connectivity index (χ4n) is 3.86. The van der Waals surface area contributed by atoms with Crippen molar-refractivity contribution in [1.82, 2.24) is 0 Å². The lowest BCUT2D eigenvalue weighted by Gasteiger charge is -2.13. The van der Waals surface area contributed by atoms with Crippen LogP contribution in [0.15, 0.2) is 39.5 Å². The number of aryl methyl sites for hydroxylation is 4. The minimum Gasteiger partial charge on any atom is -0.483 e. The van der Waals surface area contributed by atoms with Crippen molar-refractivity contribution in [3.63, 3.8) is 0 Å². The van der Waals surface area contributed by atoms with Gasteiger partial charge in [0.25, 0.3) is 5.91 Å². The van der Waals surface area contributed by atoms with Crippen LogP contribution in [0, 0.1) is 27.7 Å². The van der Waals surface area contributed by atoms with E-state index in [0.717, 1.165) is 22.1 Å². The van der Waals surface area contributed by atoms with Crippen molar-refractivity contribution >= 4 is 28.5 Å². The molecule has 0 atom stereocenters. The van der Waals surface area contributed by atoms with E-state index in [-0.39, 0.29) is 31.3 Å². The number of carbonyl (C=O) groups excluding carboxylic acids is 2. The Hall–Kier alpha value is -3.61.